The first-order valence-corrected chi connectivity index (χ1v) is 7.83. The van der Waals surface area contributed by atoms with E-state index in [9.17, 15) is 0 Å². The van der Waals surface area contributed by atoms with Gasteiger partial charge in [-0.05, 0) is 47.1 Å². The van der Waals surface area contributed by atoms with Gasteiger partial charge in [0.25, 0.3) is 0 Å². The van der Waals surface area contributed by atoms with Crippen LogP contribution in [0.3, 0.4) is 0 Å². The maximum Gasteiger partial charge on any atom is 0.0887 e. The molecule has 0 fully saturated rings. The second-order valence-electron chi connectivity index (χ2n) is 3.91. The van der Waals surface area contributed by atoms with Gasteiger partial charge in [-0.15, -0.1) is 11.3 Å². The van der Waals surface area contributed by atoms with Gasteiger partial charge in [0.15, 0.2) is 0 Å². The molecule has 0 saturated heterocycles. The van der Waals surface area contributed by atoms with Crippen molar-refractivity contribution in [2.24, 2.45) is 0 Å². The summed E-state index contributed by atoms with van der Waals surface area (Å²) in [4.78, 5) is 1.20. The Morgan fingerprint density at radius 1 is 1.28 bits per heavy atom. The van der Waals surface area contributed by atoms with Gasteiger partial charge in [-0.25, -0.2) is 0 Å². The summed E-state index contributed by atoms with van der Waals surface area (Å²) in [7, 11) is 1.95. The van der Waals surface area contributed by atoms with Crippen molar-refractivity contribution >= 4 is 50.5 Å². The van der Waals surface area contributed by atoms with Gasteiger partial charge in [0, 0.05) is 15.9 Å². The number of halogens is 3. The van der Waals surface area contributed by atoms with Crippen molar-refractivity contribution in [1.82, 2.24) is 5.32 Å². The van der Waals surface area contributed by atoms with Crippen LogP contribution < -0.4 is 5.32 Å². The van der Waals surface area contributed by atoms with Crippen molar-refractivity contribution in [3.8, 4) is 0 Å². The van der Waals surface area contributed by atoms with Crippen LogP contribution in [-0.2, 0) is 6.42 Å². The second kappa shape index (κ2) is 6.40. The van der Waals surface area contributed by atoms with E-state index in [4.69, 9.17) is 23.2 Å². The zero-order chi connectivity index (χ0) is 13.1. The van der Waals surface area contributed by atoms with Gasteiger partial charge in [0.1, 0.15) is 0 Å². The van der Waals surface area contributed by atoms with Crippen molar-refractivity contribution in [2.45, 2.75) is 12.5 Å². The SMILES string of the molecule is CNC(Cc1ccccc1Cl)c1cc(Cl)c(Br)s1. The molecule has 1 heterocycles. The predicted molar refractivity (Wildman–Crippen MR) is 84.0 cm³/mol. The zero-order valence-corrected chi connectivity index (χ0v) is 13.6. The summed E-state index contributed by atoms with van der Waals surface area (Å²) in [5.41, 5.74) is 1.14. The normalized spacial score (nSPS) is 12.7. The first-order chi connectivity index (χ1) is 8.61. The Bertz CT molecular complexity index is 522. The molecule has 18 heavy (non-hydrogen) atoms. The molecular formula is C13H12BrCl2NS. The third-order valence-corrected chi connectivity index (χ3v) is 5.70. The summed E-state index contributed by atoms with van der Waals surface area (Å²) in [6.07, 6.45) is 0.847. The van der Waals surface area contributed by atoms with Crippen LogP contribution in [0.25, 0.3) is 0 Å². The van der Waals surface area contributed by atoms with Gasteiger partial charge in [0.2, 0.25) is 0 Å². The van der Waals surface area contributed by atoms with Gasteiger partial charge < -0.3 is 5.32 Å². The Morgan fingerprint density at radius 2 is 2.00 bits per heavy atom. The second-order valence-corrected chi connectivity index (χ2v) is 7.12. The average molecular weight is 365 g/mol. The molecule has 0 aliphatic carbocycles. The van der Waals surface area contributed by atoms with Crippen LogP contribution in [0.15, 0.2) is 34.1 Å². The molecule has 1 aromatic carbocycles. The lowest BCUT2D eigenvalue weighted by atomic mass is 10.0. The quantitative estimate of drug-likeness (QED) is 0.773. The van der Waals surface area contributed by atoms with Gasteiger partial charge >= 0.3 is 0 Å². The number of hydrogen-bond donors (Lipinski definition) is 1. The average Bonchev–Trinajstić information content (AvgIpc) is 2.68. The summed E-state index contributed by atoms with van der Waals surface area (Å²) in [5, 5.41) is 4.87. The smallest absolute Gasteiger partial charge is 0.0887 e. The van der Waals surface area contributed by atoms with E-state index in [0.29, 0.717) is 0 Å². The summed E-state index contributed by atoms with van der Waals surface area (Å²) >= 11 is 17.4. The molecule has 2 aromatic rings. The van der Waals surface area contributed by atoms with Crippen LogP contribution >= 0.6 is 50.5 Å². The highest BCUT2D eigenvalue weighted by Gasteiger charge is 2.16. The molecule has 0 aliphatic heterocycles. The fourth-order valence-electron chi connectivity index (χ4n) is 1.76. The molecule has 1 unspecified atom stereocenters. The molecule has 0 radical (unpaired) electrons. The van der Waals surface area contributed by atoms with Crippen molar-refractivity contribution in [2.75, 3.05) is 7.05 Å². The molecule has 1 atom stereocenters. The Morgan fingerprint density at radius 3 is 2.56 bits per heavy atom. The van der Waals surface area contributed by atoms with Crippen molar-refractivity contribution in [3.05, 3.63) is 54.6 Å². The zero-order valence-electron chi connectivity index (χ0n) is 9.71. The highest BCUT2D eigenvalue weighted by molar-refractivity contribution is 9.11. The topological polar surface area (TPSA) is 12.0 Å². The highest BCUT2D eigenvalue weighted by atomic mass is 79.9. The van der Waals surface area contributed by atoms with Gasteiger partial charge in [0.05, 0.1) is 8.81 Å². The predicted octanol–water partition coefficient (Wildman–Crippen LogP) is 5.32. The van der Waals surface area contributed by atoms with E-state index >= 15 is 0 Å². The number of benzene rings is 1. The van der Waals surface area contributed by atoms with E-state index in [1.807, 2.05) is 31.3 Å². The summed E-state index contributed by atoms with van der Waals surface area (Å²) in [5.74, 6) is 0. The van der Waals surface area contributed by atoms with E-state index < -0.39 is 0 Å². The first-order valence-electron chi connectivity index (χ1n) is 5.47. The monoisotopic (exact) mass is 363 g/mol. The van der Waals surface area contributed by atoms with Crippen LogP contribution in [0.1, 0.15) is 16.5 Å². The number of likely N-dealkylation sites (N-methyl/N-ethyl adjacent to an activating group) is 1. The molecule has 5 heteroatoms. The Balaban J connectivity index is 2.22. The maximum atomic E-state index is 6.19. The maximum absolute atomic E-state index is 6.19. The number of thiophene rings is 1. The Kier molecular flexibility index (Phi) is 5.10. The molecule has 96 valence electrons. The molecule has 1 nitrogen and oxygen atoms in total. The van der Waals surface area contributed by atoms with Gasteiger partial charge in [-0.3, -0.25) is 0 Å². The molecule has 0 spiro atoms. The van der Waals surface area contributed by atoms with Crippen molar-refractivity contribution in [3.63, 3.8) is 0 Å². The van der Waals surface area contributed by atoms with E-state index in [-0.39, 0.29) is 6.04 Å². The van der Waals surface area contributed by atoms with E-state index in [1.54, 1.807) is 11.3 Å². The van der Waals surface area contributed by atoms with E-state index in [1.165, 1.54) is 4.88 Å². The third kappa shape index (κ3) is 3.28. The first kappa shape index (κ1) is 14.4. The lowest BCUT2D eigenvalue weighted by Gasteiger charge is -2.15. The third-order valence-electron chi connectivity index (χ3n) is 2.74. The lowest BCUT2D eigenvalue weighted by molar-refractivity contribution is 0.602. The fourth-order valence-corrected chi connectivity index (χ4v) is 3.83. The molecular weight excluding hydrogens is 353 g/mol. The minimum atomic E-state index is 0.221. The molecule has 0 bridgehead atoms. The van der Waals surface area contributed by atoms with Crippen LogP contribution in [0, 0.1) is 0 Å². The summed E-state index contributed by atoms with van der Waals surface area (Å²) in [6, 6.07) is 10.1. The molecule has 1 aromatic heterocycles. The highest BCUT2D eigenvalue weighted by Crippen LogP contribution is 2.36. The van der Waals surface area contributed by atoms with E-state index in [2.05, 4.69) is 27.3 Å². The number of nitrogens with one attached hydrogen (secondary N) is 1. The molecule has 0 aliphatic rings. The largest absolute Gasteiger partial charge is 0.312 e. The molecule has 0 amide bonds. The Hall–Kier alpha value is -0.0600. The molecule has 2 rings (SSSR count). The van der Waals surface area contributed by atoms with Crippen LogP contribution in [-0.4, -0.2) is 7.05 Å². The van der Waals surface area contributed by atoms with Gasteiger partial charge in [-0.2, -0.15) is 0 Å². The van der Waals surface area contributed by atoms with Crippen molar-refractivity contribution in [1.29, 1.82) is 0 Å². The lowest BCUT2D eigenvalue weighted by Crippen LogP contribution is -2.17. The van der Waals surface area contributed by atoms with Crippen LogP contribution in [0.2, 0.25) is 10.0 Å². The van der Waals surface area contributed by atoms with Crippen LogP contribution in [0.4, 0.5) is 0 Å². The minimum Gasteiger partial charge on any atom is -0.312 e. The van der Waals surface area contributed by atoms with E-state index in [0.717, 1.165) is 25.8 Å². The van der Waals surface area contributed by atoms with Crippen molar-refractivity contribution < 1.29 is 0 Å². The standard InChI is InChI=1S/C13H12BrCl2NS/c1-17-11(12-7-10(16)13(14)18-12)6-8-4-2-3-5-9(8)15/h2-5,7,11,17H,6H2,1H3. The van der Waals surface area contributed by atoms with Gasteiger partial charge in [-0.1, -0.05) is 41.4 Å². The molecule has 0 saturated carbocycles. The summed E-state index contributed by atoms with van der Waals surface area (Å²) < 4.78 is 0.971. The number of hydrogen-bond acceptors (Lipinski definition) is 2. The minimum absolute atomic E-state index is 0.221. The number of rotatable bonds is 4. The fraction of sp³-hybridized carbons (Fsp3) is 0.231. The molecule has 1 N–H and O–H groups in total. The Labute approximate surface area is 129 Å². The summed E-state index contributed by atoms with van der Waals surface area (Å²) in [6.45, 7) is 0. The van der Waals surface area contributed by atoms with Crippen LogP contribution in [0.5, 0.6) is 0 Å².